The molecule has 38 heavy (non-hydrogen) atoms. The molecule has 0 radical (unpaired) electrons. The molecular weight excluding hydrogens is 722 g/mol. The molecule has 6 rings (SSSR count). The minimum Gasteiger partial charge on any atom is -0.344 e. The van der Waals surface area contributed by atoms with Gasteiger partial charge in [0.25, 0.3) is 0 Å². The van der Waals surface area contributed by atoms with Crippen molar-refractivity contribution in [1.82, 2.24) is 9.55 Å². The predicted molar refractivity (Wildman–Crippen MR) is 162 cm³/mol. The van der Waals surface area contributed by atoms with E-state index >= 15 is 0 Å². The van der Waals surface area contributed by atoms with Crippen molar-refractivity contribution < 1.29 is 17.6 Å². The molecule has 1 aromatic heterocycles. The van der Waals surface area contributed by atoms with E-state index in [2.05, 4.69) is 55.1 Å². The zero-order valence-corrected chi connectivity index (χ0v) is 24.6. The summed E-state index contributed by atoms with van der Waals surface area (Å²) in [7, 11) is 1.96. The van der Waals surface area contributed by atoms with Crippen LogP contribution in [0.15, 0.2) is 91.3 Å². The summed E-state index contributed by atoms with van der Waals surface area (Å²) in [5.41, 5.74) is 4.20. The second-order valence-corrected chi connectivity index (χ2v) is 9.19. The lowest BCUT2D eigenvalue weighted by Crippen LogP contribution is -2.33. The van der Waals surface area contributed by atoms with Crippen molar-refractivity contribution in [1.29, 1.82) is 0 Å². The van der Waals surface area contributed by atoms with Crippen LogP contribution in [-0.2, 0) is 0 Å². The molecule has 0 fully saturated rings. The molecular formula is C28H22F4I2N4. The van der Waals surface area contributed by atoms with E-state index in [9.17, 15) is 17.6 Å². The third kappa shape index (κ3) is 5.60. The van der Waals surface area contributed by atoms with Crippen molar-refractivity contribution in [3.63, 3.8) is 0 Å². The van der Waals surface area contributed by atoms with Crippen LogP contribution in [0.3, 0.4) is 0 Å². The van der Waals surface area contributed by atoms with E-state index in [1.165, 1.54) is 30.6 Å². The lowest BCUT2D eigenvalue weighted by molar-refractivity contribution is 0.578. The number of fused-ring (bicyclic) bond motifs is 2. The predicted octanol–water partition coefficient (Wildman–Crippen LogP) is 8.63. The smallest absolute Gasteiger partial charge is 0.159 e. The minimum absolute atomic E-state index is 0.0463. The van der Waals surface area contributed by atoms with Crippen LogP contribution in [0.4, 0.5) is 34.6 Å². The summed E-state index contributed by atoms with van der Waals surface area (Å²) in [6, 6.07) is 22.3. The number of hydrogen-bond donors (Lipinski definition) is 0. The van der Waals surface area contributed by atoms with E-state index in [0.717, 1.165) is 34.5 Å². The first-order valence-corrected chi connectivity index (χ1v) is 14.7. The maximum atomic E-state index is 14.0. The lowest BCUT2D eigenvalue weighted by atomic mass is 10.2. The lowest BCUT2D eigenvalue weighted by Gasteiger charge is -2.26. The van der Waals surface area contributed by atoms with E-state index in [1.807, 2.05) is 65.4 Å². The summed E-state index contributed by atoms with van der Waals surface area (Å²) in [6.07, 6.45) is 1.53. The van der Waals surface area contributed by atoms with Crippen LogP contribution in [0.2, 0.25) is 0 Å². The number of imidazole rings is 1. The van der Waals surface area contributed by atoms with Gasteiger partial charge in [0.05, 0.1) is 33.8 Å². The average molecular weight is 744 g/mol. The zero-order valence-electron chi connectivity index (χ0n) is 20.3. The van der Waals surface area contributed by atoms with Crippen LogP contribution in [0.1, 0.15) is 0 Å². The van der Waals surface area contributed by atoms with Crippen molar-refractivity contribution in [2.24, 2.45) is 0 Å². The first kappa shape index (κ1) is 28.1. The van der Waals surface area contributed by atoms with Crippen LogP contribution in [0.5, 0.6) is 0 Å². The highest BCUT2D eigenvalue weighted by Crippen LogP contribution is 2.45. The fourth-order valence-corrected chi connectivity index (χ4v) is 5.02. The standard InChI is InChI=1S/C14H11F2IN2.C13H8F2N2.CH3I/c1-18-12-4-2-3-5-13(12)19(14(18)17)11-7-6-9(15)8-10(11)16;14-9-5-6-12(10(15)7-9)17-8-16-11-3-1-2-4-13(11)17;1-2/h2-8,14H,1H3;1-8H;1H3. The number of para-hydroxylation sites is 4. The molecule has 5 aromatic rings. The quantitative estimate of drug-likeness (QED) is 0.0784. The summed E-state index contributed by atoms with van der Waals surface area (Å²) in [6.45, 7) is 0. The fraction of sp³-hybridized carbons (Fsp3) is 0.107. The van der Waals surface area contributed by atoms with E-state index in [0.29, 0.717) is 11.4 Å². The van der Waals surface area contributed by atoms with Crippen molar-refractivity contribution >= 4 is 73.3 Å². The molecule has 2 heterocycles. The molecule has 1 atom stereocenters. The number of alkyl halides is 2. The van der Waals surface area contributed by atoms with E-state index < -0.39 is 23.3 Å². The third-order valence-corrected chi connectivity index (χ3v) is 7.24. The zero-order chi connectivity index (χ0) is 27.4. The Morgan fingerprint density at radius 3 is 1.87 bits per heavy atom. The molecule has 1 unspecified atom stereocenters. The average Bonchev–Trinajstić information content (AvgIpc) is 3.45. The summed E-state index contributed by atoms with van der Waals surface area (Å²) in [5.74, 6) is -2.30. The molecule has 0 amide bonds. The topological polar surface area (TPSA) is 24.3 Å². The van der Waals surface area contributed by atoms with E-state index in [4.69, 9.17) is 0 Å². The van der Waals surface area contributed by atoms with Gasteiger partial charge in [-0.05, 0) is 76.1 Å². The summed E-state index contributed by atoms with van der Waals surface area (Å²) < 4.78 is 55.1. The number of benzene rings is 4. The third-order valence-electron chi connectivity index (χ3n) is 5.85. The Morgan fingerprint density at radius 1 is 0.684 bits per heavy atom. The number of hydrogen-bond acceptors (Lipinski definition) is 3. The molecule has 0 bridgehead atoms. The molecule has 0 N–H and O–H groups in total. The fourth-order valence-electron chi connectivity index (χ4n) is 4.12. The van der Waals surface area contributed by atoms with Crippen molar-refractivity contribution in [2.45, 2.75) is 4.17 Å². The molecule has 0 saturated heterocycles. The van der Waals surface area contributed by atoms with Gasteiger partial charge in [-0.3, -0.25) is 4.57 Å². The van der Waals surface area contributed by atoms with E-state index in [1.54, 1.807) is 4.57 Å². The summed E-state index contributed by atoms with van der Waals surface area (Å²) in [5, 5.41) is 0. The largest absolute Gasteiger partial charge is 0.344 e. The summed E-state index contributed by atoms with van der Waals surface area (Å²) >= 11 is 4.39. The maximum Gasteiger partial charge on any atom is 0.159 e. The first-order valence-electron chi connectivity index (χ1n) is 11.3. The molecule has 196 valence electrons. The molecule has 1 aliphatic rings. The van der Waals surface area contributed by atoms with Gasteiger partial charge in [-0.25, -0.2) is 22.5 Å². The van der Waals surface area contributed by atoms with Crippen molar-refractivity contribution in [3.05, 3.63) is 115 Å². The Morgan fingerprint density at radius 2 is 1.24 bits per heavy atom. The Balaban J connectivity index is 0.000000167. The van der Waals surface area contributed by atoms with Crippen molar-refractivity contribution in [2.75, 3.05) is 21.8 Å². The first-order chi connectivity index (χ1) is 18.3. The Hall–Kier alpha value is -2.87. The van der Waals surface area contributed by atoms with Gasteiger partial charge in [-0.1, -0.05) is 46.9 Å². The van der Waals surface area contributed by atoms with Gasteiger partial charge in [-0.2, -0.15) is 0 Å². The highest BCUT2D eigenvalue weighted by atomic mass is 127. The van der Waals surface area contributed by atoms with Crippen LogP contribution < -0.4 is 9.80 Å². The van der Waals surface area contributed by atoms with Gasteiger partial charge >= 0.3 is 0 Å². The number of halogens is 6. The maximum absolute atomic E-state index is 14.0. The highest BCUT2D eigenvalue weighted by molar-refractivity contribution is 14.1. The number of aromatic nitrogens is 2. The van der Waals surface area contributed by atoms with Crippen LogP contribution >= 0.6 is 45.2 Å². The molecule has 0 aliphatic carbocycles. The molecule has 0 spiro atoms. The number of rotatable bonds is 2. The Bertz CT molecular complexity index is 1560. The Kier molecular flexibility index (Phi) is 9.13. The van der Waals surface area contributed by atoms with Gasteiger partial charge < -0.3 is 9.80 Å². The molecule has 1 aliphatic heterocycles. The number of nitrogens with zero attached hydrogens (tertiary/aromatic N) is 4. The monoisotopic (exact) mass is 744 g/mol. The SMILES string of the molecule is CI.CN1c2ccccc2N(c2ccc(F)cc2F)C1I.Fc1ccc(-n2cnc3ccccc32)c(F)c1. The van der Waals surface area contributed by atoms with Crippen molar-refractivity contribution in [3.8, 4) is 5.69 Å². The second-order valence-electron chi connectivity index (χ2n) is 8.08. The van der Waals surface area contributed by atoms with E-state index in [-0.39, 0.29) is 4.17 Å². The van der Waals surface area contributed by atoms with Gasteiger partial charge in [-0.15, -0.1) is 0 Å². The summed E-state index contributed by atoms with van der Waals surface area (Å²) in [4.78, 5) is 10.1. The highest BCUT2D eigenvalue weighted by Gasteiger charge is 2.33. The molecule has 4 nitrogen and oxygen atoms in total. The van der Waals surface area contributed by atoms with Gasteiger partial charge in [0, 0.05) is 19.2 Å². The molecule has 0 saturated carbocycles. The van der Waals surface area contributed by atoms with Crippen LogP contribution in [0.25, 0.3) is 16.7 Å². The normalized spacial score (nSPS) is 13.9. The van der Waals surface area contributed by atoms with Crippen LogP contribution in [0, 0.1) is 23.3 Å². The molecule has 4 aromatic carbocycles. The molecule has 10 heteroatoms. The Labute approximate surface area is 245 Å². The minimum atomic E-state index is -0.604. The van der Waals surface area contributed by atoms with Crippen LogP contribution in [-0.4, -0.2) is 25.7 Å². The van der Waals surface area contributed by atoms with Gasteiger partial charge in [0.2, 0.25) is 0 Å². The second kappa shape index (κ2) is 12.3. The number of anilines is 3. The van der Waals surface area contributed by atoms with Gasteiger partial charge in [0.15, 0.2) is 4.17 Å². The van der Waals surface area contributed by atoms with Gasteiger partial charge in [0.1, 0.15) is 29.6 Å².